The molecule has 80 valence electrons. The standard InChI is InChI=1S/C9H12N4OS/c1-3-5-7-8(14)13(10)9(12-11-7)15-6-4-2/h3-4H,1-2,5-6,10H2. The molecule has 0 atom stereocenters. The van der Waals surface area contributed by atoms with Crippen LogP contribution >= 0.6 is 11.8 Å². The summed E-state index contributed by atoms with van der Waals surface area (Å²) in [5, 5.41) is 8.02. The number of nitrogen functional groups attached to an aromatic ring is 1. The van der Waals surface area contributed by atoms with E-state index in [0.717, 1.165) is 4.68 Å². The lowest BCUT2D eigenvalue weighted by Crippen LogP contribution is -2.33. The van der Waals surface area contributed by atoms with E-state index in [1.54, 1.807) is 12.2 Å². The minimum Gasteiger partial charge on any atom is -0.334 e. The lowest BCUT2D eigenvalue weighted by molar-refractivity contribution is 0.675. The van der Waals surface area contributed by atoms with Gasteiger partial charge in [0.2, 0.25) is 5.16 Å². The zero-order valence-electron chi connectivity index (χ0n) is 8.22. The van der Waals surface area contributed by atoms with Gasteiger partial charge in [0.15, 0.2) is 0 Å². The highest BCUT2D eigenvalue weighted by Gasteiger charge is 2.08. The molecule has 0 aromatic carbocycles. The number of aromatic nitrogens is 3. The maximum atomic E-state index is 11.6. The highest BCUT2D eigenvalue weighted by Crippen LogP contribution is 2.10. The van der Waals surface area contributed by atoms with Crippen LogP contribution in [-0.2, 0) is 6.42 Å². The van der Waals surface area contributed by atoms with Gasteiger partial charge in [0.25, 0.3) is 5.56 Å². The van der Waals surface area contributed by atoms with Crippen molar-refractivity contribution in [1.82, 2.24) is 14.9 Å². The van der Waals surface area contributed by atoms with Gasteiger partial charge in [-0.1, -0.05) is 23.9 Å². The molecule has 1 aromatic rings. The quantitative estimate of drug-likeness (QED) is 0.444. The van der Waals surface area contributed by atoms with Crippen LogP contribution in [0.1, 0.15) is 5.69 Å². The Bertz CT molecular complexity index is 427. The molecule has 0 aliphatic heterocycles. The fraction of sp³-hybridized carbons (Fsp3) is 0.222. The second-order valence-corrected chi connectivity index (χ2v) is 3.68. The van der Waals surface area contributed by atoms with Gasteiger partial charge in [0.05, 0.1) is 0 Å². The average Bonchev–Trinajstić information content (AvgIpc) is 2.24. The van der Waals surface area contributed by atoms with E-state index in [-0.39, 0.29) is 5.56 Å². The van der Waals surface area contributed by atoms with Crippen LogP contribution < -0.4 is 11.4 Å². The molecule has 0 aliphatic rings. The van der Waals surface area contributed by atoms with E-state index in [2.05, 4.69) is 23.4 Å². The smallest absolute Gasteiger partial charge is 0.294 e. The number of allylic oxidation sites excluding steroid dienone is 1. The third-order valence-electron chi connectivity index (χ3n) is 1.60. The van der Waals surface area contributed by atoms with Gasteiger partial charge >= 0.3 is 0 Å². The van der Waals surface area contributed by atoms with E-state index in [4.69, 9.17) is 5.84 Å². The molecule has 0 spiro atoms. The SMILES string of the molecule is C=CCSc1nnc(CC=C)c(=O)n1N. The first-order valence-corrected chi connectivity index (χ1v) is 5.27. The van der Waals surface area contributed by atoms with Crippen LogP contribution in [0.3, 0.4) is 0 Å². The maximum absolute atomic E-state index is 11.6. The second kappa shape index (κ2) is 5.35. The van der Waals surface area contributed by atoms with E-state index >= 15 is 0 Å². The summed E-state index contributed by atoms with van der Waals surface area (Å²) in [5.41, 5.74) is -0.0353. The molecule has 0 saturated heterocycles. The predicted octanol–water partition coefficient (Wildman–Crippen LogP) is 0.359. The van der Waals surface area contributed by atoms with Crippen LogP contribution in [0.25, 0.3) is 0 Å². The summed E-state index contributed by atoms with van der Waals surface area (Å²) in [5.74, 6) is 6.20. The molecule has 0 bridgehead atoms. The van der Waals surface area contributed by atoms with Crippen molar-refractivity contribution in [3.05, 3.63) is 41.4 Å². The lowest BCUT2D eigenvalue weighted by atomic mass is 10.3. The Kier molecular flexibility index (Phi) is 4.11. The van der Waals surface area contributed by atoms with Gasteiger partial charge in [-0.05, 0) is 0 Å². The molecule has 0 amide bonds. The zero-order chi connectivity index (χ0) is 11.3. The summed E-state index contributed by atoms with van der Waals surface area (Å²) in [6, 6.07) is 0. The Balaban J connectivity index is 3.03. The molecule has 0 radical (unpaired) electrons. The molecule has 1 rings (SSSR count). The summed E-state index contributed by atoms with van der Waals surface area (Å²) >= 11 is 1.31. The fourth-order valence-electron chi connectivity index (χ4n) is 0.917. The molecule has 0 unspecified atom stereocenters. The molecule has 0 aliphatic carbocycles. The summed E-state index contributed by atoms with van der Waals surface area (Å²) < 4.78 is 1.00. The van der Waals surface area contributed by atoms with Crippen molar-refractivity contribution < 1.29 is 0 Å². The maximum Gasteiger partial charge on any atom is 0.294 e. The van der Waals surface area contributed by atoms with Crippen molar-refractivity contribution in [2.24, 2.45) is 0 Å². The van der Waals surface area contributed by atoms with Gasteiger partial charge in [-0.25, -0.2) is 0 Å². The predicted molar refractivity (Wildman–Crippen MR) is 61.3 cm³/mol. The minimum atomic E-state index is -0.337. The van der Waals surface area contributed by atoms with Crippen molar-refractivity contribution in [1.29, 1.82) is 0 Å². The Morgan fingerprint density at radius 2 is 2.13 bits per heavy atom. The highest BCUT2D eigenvalue weighted by atomic mass is 32.2. The summed E-state index contributed by atoms with van der Waals surface area (Å²) in [6.45, 7) is 7.09. The first-order valence-electron chi connectivity index (χ1n) is 4.29. The first-order chi connectivity index (χ1) is 7.20. The average molecular weight is 224 g/mol. The van der Waals surface area contributed by atoms with Crippen LogP contribution in [0.2, 0.25) is 0 Å². The summed E-state index contributed by atoms with van der Waals surface area (Å²) in [6.07, 6.45) is 3.66. The second-order valence-electron chi connectivity index (χ2n) is 2.70. The van der Waals surface area contributed by atoms with E-state index in [1.807, 2.05) is 0 Å². The number of rotatable bonds is 5. The van der Waals surface area contributed by atoms with Crippen molar-refractivity contribution >= 4 is 11.8 Å². The highest BCUT2D eigenvalue weighted by molar-refractivity contribution is 7.99. The molecule has 0 saturated carbocycles. The van der Waals surface area contributed by atoms with Crippen molar-refractivity contribution in [3.8, 4) is 0 Å². The zero-order valence-corrected chi connectivity index (χ0v) is 9.04. The molecule has 2 N–H and O–H groups in total. The number of thioether (sulfide) groups is 1. The van der Waals surface area contributed by atoms with E-state index in [9.17, 15) is 4.79 Å². The molecule has 1 heterocycles. The van der Waals surface area contributed by atoms with Crippen molar-refractivity contribution in [2.45, 2.75) is 11.6 Å². The van der Waals surface area contributed by atoms with Crippen molar-refractivity contribution in [3.63, 3.8) is 0 Å². The minimum absolute atomic E-state index is 0.301. The monoisotopic (exact) mass is 224 g/mol. The number of hydrogen-bond acceptors (Lipinski definition) is 5. The van der Waals surface area contributed by atoms with Gasteiger partial charge < -0.3 is 5.84 Å². The summed E-state index contributed by atoms with van der Waals surface area (Å²) in [4.78, 5) is 11.6. The molecule has 5 nitrogen and oxygen atoms in total. The lowest BCUT2D eigenvalue weighted by Gasteiger charge is -2.04. The Hall–Kier alpha value is -1.56. The first kappa shape index (κ1) is 11.5. The van der Waals surface area contributed by atoms with Gasteiger partial charge in [-0.2, -0.15) is 4.68 Å². The van der Waals surface area contributed by atoms with E-state index < -0.39 is 0 Å². The number of nitrogens with two attached hydrogens (primary N) is 1. The van der Waals surface area contributed by atoms with Gasteiger partial charge in [-0.3, -0.25) is 4.79 Å². The fourth-order valence-corrected chi connectivity index (χ4v) is 1.50. The Morgan fingerprint density at radius 3 is 2.73 bits per heavy atom. The van der Waals surface area contributed by atoms with Crippen LogP contribution in [0.5, 0.6) is 0 Å². The normalized spacial score (nSPS) is 9.87. The van der Waals surface area contributed by atoms with Crippen molar-refractivity contribution in [2.75, 3.05) is 11.6 Å². The molecule has 6 heteroatoms. The van der Waals surface area contributed by atoms with Crippen LogP contribution in [0.15, 0.2) is 35.3 Å². The molecule has 0 fully saturated rings. The largest absolute Gasteiger partial charge is 0.334 e. The van der Waals surface area contributed by atoms with Gasteiger partial charge in [-0.15, -0.1) is 23.4 Å². The third-order valence-corrected chi connectivity index (χ3v) is 2.53. The van der Waals surface area contributed by atoms with E-state index in [1.165, 1.54) is 11.8 Å². The van der Waals surface area contributed by atoms with Gasteiger partial charge in [0, 0.05) is 12.2 Å². The molecular formula is C9H12N4OS. The molecular weight excluding hydrogens is 212 g/mol. The summed E-state index contributed by atoms with van der Waals surface area (Å²) in [7, 11) is 0. The van der Waals surface area contributed by atoms with E-state index in [0.29, 0.717) is 23.0 Å². The van der Waals surface area contributed by atoms with Gasteiger partial charge in [0.1, 0.15) is 5.69 Å². The molecule has 1 aromatic heterocycles. The number of hydrogen-bond donors (Lipinski definition) is 1. The van der Waals surface area contributed by atoms with Crippen LogP contribution in [0, 0.1) is 0 Å². The Morgan fingerprint density at radius 1 is 1.40 bits per heavy atom. The Labute approximate surface area is 91.7 Å². The third kappa shape index (κ3) is 2.69. The number of nitrogens with zero attached hydrogens (tertiary/aromatic N) is 3. The topological polar surface area (TPSA) is 73.8 Å². The van der Waals surface area contributed by atoms with Crippen LogP contribution in [-0.4, -0.2) is 20.6 Å². The molecule has 15 heavy (non-hydrogen) atoms. The van der Waals surface area contributed by atoms with Crippen LogP contribution in [0.4, 0.5) is 0 Å².